The second kappa shape index (κ2) is 5.11. The van der Waals surface area contributed by atoms with Gasteiger partial charge in [-0.25, -0.2) is 13.1 Å². The van der Waals surface area contributed by atoms with E-state index in [1.807, 2.05) is 12.1 Å². The zero-order valence-electron chi connectivity index (χ0n) is 11.4. The van der Waals surface area contributed by atoms with E-state index in [9.17, 15) is 8.42 Å². The number of hydrogen-bond acceptors (Lipinski definition) is 4. The van der Waals surface area contributed by atoms with Crippen LogP contribution in [0.25, 0.3) is 0 Å². The predicted octanol–water partition coefficient (Wildman–Crippen LogP) is 0.912. The van der Waals surface area contributed by atoms with Crippen molar-refractivity contribution in [2.45, 2.75) is 30.7 Å². The molecule has 0 aliphatic carbocycles. The van der Waals surface area contributed by atoms with Crippen LogP contribution < -0.4 is 15.4 Å². The summed E-state index contributed by atoms with van der Waals surface area (Å²) in [5.41, 5.74) is 7.05. The van der Waals surface area contributed by atoms with Crippen molar-refractivity contribution in [1.29, 1.82) is 0 Å². The molecule has 0 aromatic heterocycles. The summed E-state index contributed by atoms with van der Waals surface area (Å²) in [7, 11) is -3.36. The summed E-state index contributed by atoms with van der Waals surface area (Å²) in [6.07, 6.45) is 0.955. The highest BCUT2D eigenvalue weighted by Gasteiger charge is 2.37. The molecule has 0 spiro atoms. The van der Waals surface area contributed by atoms with Crippen molar-refractivity contribution in [2.24, 2.45) is 5.73 Å². The molecule has 1 aromatic carbocycles. The second-order valence-corrected chi connectivity index (χ2v) is 6.83. The fourth-order valence-electron chi connectivity index (χ4n) is 2.23. The van der Waals surface area contributed by atoms with Crippen molar-refractivity contribution in [3.05, 3.63) is 24.3 Å². The Morgan fingerprint density at radius 3 is 2.32 bits per heavy atom. The van der Waals surface area contributed by atoms with E-state index in [1.165, 1.54) is 0 Å². The molecule has 0 unspecified atom stereocenters. The van der Waals surface area contributed by atoms with Crippen molar-refractivity contribution in [2.75, 3.05) is 24.5 Å². The van der Waals surface area contributed by atoms with Gasteiger partial charge in [0.1, 0.15) is 0 Å². The molecule has 0 amide bonds. The topological polar surface area (TPSA) is 75.4 Å². The first kappa shape index (κ1) is 14.3. The van der Waals surface area contributed by atoms with Crippen LogP contribution in [0.15, 0.2) is 29.2 Å². The van der Waals surface area contributed by atoms with E-state index < -0.39 is 10.0 Å². The molecule has 1 aliphatic heterocycles. The van der Waals surface area contributed by atoms with E-state index in [-0.39, 0.29) is 5.54 Å². The Hall–Kier alpha value is -1.11. The third-order valence-corrected chi connectivity index (χ3v) is 5.12. The molecule has 0 bridgehead atoms. The van der Waals surface area contributed by atoms with Gasteiger partial charge in [-0.2, -0.15) is 0 Å². The van der Waals surface area contributed by atoms with Gasteiger partial charge in [-0.1, -0.05) is 13.8 Å². The van der Waals surface area contributed by atoms with Gasteiger partial charge < -0.3 is 10.6 Å². The molecule has 0 saturated carbocycles. The van der Waals surface area contributed by atoms with Gasteiger partial charge in [0.25, 0.3) is 0 Å². The maximum absolute atomic E-state index is 11.8. The summed E-state index contributed by atoms with van der Waals surface area (Å²) in [6, 6.07) is 6.94. The lowest BCUT2D eigenvalue weighted by Crippen LogP contribution is -2.67. The van der Waals surface area contributed by atoms with Crippen molar-refractivity contribution in [3.8, 4) is 0 Å². The van der Waals surface area contributed by atoms with Gasteiger partial charge in [-0.3, -0.25) is 0 Å². The molecule has 19 heavy (non-hydrogen) atoms. The van der Waals surface area contributed by atoms with Crippen molar-refractivity contribution in [1.82, 2.24) is 4.72 Å². The Labute approximate surface area is 114 Å². The molecule has 1 aliphatic rings. The maximum Gasteiger partial charge on any atom is 0.240 e. The monoisotopic (exact) mass is 283 g/mol. The number of sulfonamides is 1. The number of nitrogens with zero attached hydrogens (tertiary/aromatic N) is 1. The third kappa shape index (κ3) is 2.91. The Morgan fingerprint density at radius 2 is 1.84 bits per heavy atom. The zero-order chi connectivity index (χ0) is 14.1. The second-order valence-electron chi connectivity index (χ2n) is 5.07. The van der Waals surface area contributed by atoms with Gasteiger partial charge >= 0.3 is 0 Å². The molecule has 1 fully saturated rings. The first-order chi connectivity index (χ1) is 8.90. The van der Waals surface area contributed by atoms with Gasteiger partial charge in [0.2, 0.25) is 10.0 Å². The summed E-state index contributed by atoms with van der Waals surface area (Å²) in [5.74, 6) is 0. The molecule has 106 valence electrons. The molecule has 2 rings (SSSR count). The highest BCUT2D eigenvalue weighted by atomic mass is 32.2. The fourth-order valence-corrected chi connectivity index (χ4v) is 3.27. The Balaban J connectivity index is 2.08. The first-order valence-corrected chi connectivity index (χ1v) is 8.02. The maximum atomic E-state index is 11.8. The van der Waals surface area contributed by atoms with Crippen LogP contribution in [-0.4, -0.2) is 33.6 Å². The quantitative estimate of drug-likeness (QED) is 0.842. The first-order valence-electron chi connectivity index (χ1n) is 6.54. The highest BCUT2D eigenvalue weighted by molar-refractivity contribution is 7.89. The van der Waals surface area contributed by atoms with Gasteiger partial charge in [0.15, 0.2) is 0 Å². The number of benzene rings is 1. The molecule has 3 N–H and O–H groups in total. The summed E-state index contributed by atoms with van der Waals surface area (Å²) in [4.78, 5) is 2.46. The van der Waals surface area contributed by atoms with Crippen molar-refractivity contribution >= 4 is 15.7 Å². The molecule has 0 atom stereocenters. The lowest BCUT2D eigenvalue weighted by Gasteiger charge is -2.48. The number of hydrogen-bond donors (Lipinski definition) is 2. The van der Waals surface area contributed by atoms with Crippen molar-refractivity contribution < 1.29 is 8.42 Å². The van der Waals surface area contributed by atoms with Crippen LogP contribution >= 0.6 is 0 Å². The molecule has 6 heteroatoms. The minimum Gasteiger partial charge on any atom is -0.368 e. The lowest BCUT2D eigenvalue weighted by molar-refractivity contribution is 0.322. The average molecular weight is 283 g/mol. The largest absolute Gasteiger partial charge is 0.368 e. The SMILES string of the molecule is CCNS(=O)(=O)c1ccc(N2CC(N)(CC)C2)cc1. The van der Waals surface area contributed by atoms with E-state index in [2.05, 4.69) is 16.5 Å². The Bertz CT molecular complexity index is 534. The molecular weight excluding hydrogens is 262 g/mol. The molecule has 1 heterocycles. The van der Waals surface area contributed by atoms with Crippen LogP contribution in [0.5, 0.6) is 0 Å². The lowest BCUT2D eigenvalue weighted by atomic mass is 9.88. The van der Waals surface area contributed by atoms with Crippen LogP contribution in [0.2, 0.25) is 0 Å². The third-order valence-electron chi connectivity index (χ3n) is 3.56. The molecule has 1 saturated heterocycles. The summed E-state index contributed by atoms with van der Waals surface area (Å²) in [6.45, 7) is 5.88. The van der Waals surface area contributed by atoms with E-state index in [1.54, 1.807) is 19.1 Å². The Morgan fingerprint density at radius 1 is 1.26 bits per heavy atom. The summed E-state index contributed by atoms with van der Waals surface area (Å²) in [5, 5.41) is 0. The molecule has 0 radical (unpaired) electrons. The number of nitrogens with two attached hydrogens (primary N) is 1. The van der Waals surface area contributed by atoms with Crippen LogP contribution in [-0.2, 0) is 10.0 Å². The van der Waals surface area contributed by atoms with Gasteiger partial charge in [-0.15, -0.1) is 0 Å². The standard InChI is InChI=1S/C13H21N3O2S/c1-3-13(14)9-16(10-13)11-5-7-12(8-6-11)19(17,18)15-4-2/h5-8,15H,3-4,9-10,14H2,1-2H3. The van der Waals surface area contributed by atoms with Gasteiger partial charge in [0.05, 0.1) is 10.4 Å². The van der Waals surface area contributed by atoms with Crippen LogP contribution in [0.1, 0.15) is 20.3 Å². The van der Waals surface area contributed by atoms with E-state index >= 15 is 0 Å². The minimum atomic E-state index is -3.36. The van der Waals surface area contributed by atoms with Crippen LogP contribution in [0, 0.1) is 0 Å². The van der Waals surface area contributed by atoms with Crippen LogP contribution in [0.3, 0.4) is 0 Å². The average Bonchev–Trinajstić information content (AvgIpc) is 2.35. The zero-order valence-corrected chi connectivity index (χ0v) is 12.2. The van der Waals surface area contributed by atoms with E-state index in [4.69, 9.17) is 5.73 Å². The Kier molecular flexibility index (Phi) is 3.85. The van der Waals surface area contributed by atoms with E-state index in [0.29, 0.717) is 11.4 Å². The highest BCUT2D eigenvalue weighted by Crippen LogP contribution is 2.28. The van der Waals surface area contributed by atoms with Gasteiger partial charge in [0, 0.05) is 25.3 Å². The predicted molar refractivity (Wildman–Crippen MR) is 76.7 cm³/mol. The summed E-state index contributed by atoms with van der Waals surface area (Å²) >= 11 is 0. The minimum absolute atomic E-state index is 0.0888. The number of rotatable bonds is 5. The number of anilines is 1. The molecule has 5 nitrogen and oxygen atoms in total. The van der Waals surface area contributed by atoms with Gasteiger partial charge in [-0.05, 0) is 30.7 Å². The normalized spacial score (nSPS) is 18.2. The smallest absolute Gasteiger partial charge is 0.240 e. The fraction of sp³-hybridized carbons (Fsp3) is 0.538. The van der Waals surface area contributed by atoms with Crippen LogP contribution in [0.4, 0.5) is 5.69 Å². The van der Waals surface area contributed by atoms with E-state index in [0.717, 1.165) is 25.2 Å². The summed E-state index contributed by atoms with van der Waals surface area (Å²) < 4.78 is 26.1. The molecule has 1 aromatic rings. The molecular formula is C13H21N3O2S. The van der Waals surface area contributed by atoms with Crippen molar-refractivity contribution in [3.63, 3.8) is 0 Å². The number of nitrogens with one attached hydrogen (secondary N) is 1.